The van der Waals surface area contributed by atoms with Crippen molar-refractivity contribution >= 4 is 0 Å². The average molecular weight is 449 g/mol. The first-order valence-corrected chi connectivity index (χ1v) is 10.3. The number of H-pyrrole nitrogens is 1. The maximum atomic E-state index is 14.9. The molecule has 0 atom stereocenters. The normalized spacial score (nSPS) is 11.4. The first kappa shape index (κ1) is 20.8. The molecule has 0 unspecified atom stereocenters. The van der Waals surface area contributed by atoms with Gasteiger partial charge < -0.3 is 9.40 Å². The number of benzene rings is 2. The molecule has 5 rings (SSSR count). The molecule has 8 heteroatoms. The molecule has 0 fully saturated rings. The lowest BCUT2D eigenvalue weighted by molar-refractivity contribution is 0.519. The molecule has 3 aromatic rings. The minimum atomic E-state index is -0.724. The molecule has 0 bridgehead atoms. The summed E-state index contributed by atoms with van der Waals surface area (Å²) in [6, 6.07) is 11.9. The van der Waals surface area contributed by atoms with Gasteiger partial charge in [-0.2, -0.15) is 0 Å². The molecule has 2 aliphatic heterocycles. The van der Waals surface area contributed by atoms with Crippen molar-refractivity contribution in [2.45, 2.75) is 19.8 Å². The molecule has 2 aliphatic rings. The molecular weight excluding hydrogens is 431 g/mol. The van der Waals surface area contributed by atoms with Crippen molar-refractivity contribution in [1.82, 2.24) is 14.5 Å². The number of hydrogen-bond acceptors (Lipinski definition) is 3. The lowest BCUT2D eigenvalue weighted by atomic mass is 10.1. The van der Waals surface area contributed by atoms with Crippen LogP contribution in [0.5, 0.6) is 0 Å². The van der Waals surface area contributed by atoms with Crippen LogP contribution in [0.3, 0.4) is 0 Å². The number of furan rings is 1. The number of aryl methyl sites for hydroxylation is 1. The lowest BCUT2D eigenvalue weighted by Crippen LogP contribution is -2.18. The molecule has 1 N–H and O–H groups in total. The van der Waals surface area contributed by atoms with Crippen molar-refractivity contribution in [3.05, 3.63) is 117 Å². The van der Waals surface area contributed by atoms with Crippen molar-refractivity contribution in [2.24, 2.45) is 0 Å². The summed E-state index contributed by atoms with van der Waals surface area (Å²) < 4.78 is 50.3. The van der Waals surface area contributed by atoms with E-state index in [9.17, 15) is 18.0 Å². The fraction of sp³-hybridized carbons (Fsp3) is 0.120. The van der Waals surface area contributed by atoms with Crippen LogP contribution in [-0.2, 0) is 12.8 Å². The molecule has 166 valence electrons. The number of aromatic amines is 1. The molecular formula is C25H18F3N3O2. The summed E-state index contributed by atoms with van der Waals surface area (Å²) in [5.74, 6) is -1.15. The zero-order valence-electron chi connectivity index (χ0n) is 17.5. The van der Waals surface area contributed by atoms with Gasteiger partial charge in [-0.15, -0.1) is 0 Å². The highest BCUT2D eigenvalue weighted by atomic mass is 19.1. The van der Waals surface area contributed by atoms with E-state index in [1.54, 1.807) is 37.3 Å². The third kappa shape index (κ3) is 3.73. The van der Waals surface area contributed by atoms with Crippen LogP contribution in [0, 0.1) is 24.4 Å². The van der Waals surface area contributed by atoms with Crippen LogP contribution in [-0.4, -0.2) is 14.5 Å². The van der Waals surface area contributed by atoms with Crippen molar-refractivity contribution < 1.29 is 17.6 Å². The molecule has 3 heterocycles. The second-order valence-electron chi connectivity index (χ2n) is 7.77. The molecule has 33 heavy (non-hydrogen) atoms. The molecule has 0 saturated carbocycles. The summed E-state index contributed by atoms with van der Waals surface area (Å²) in [6.07, 6.45) is 2.89. The number of halogens is 3. The zero-order chi connectivity index (χ0) is 23.1. The van der Waals surface area contributed by atoms with Gasteiger partial charge in [0.25, 0.3) is 5.56 Å². The smallest absolute Gasteiger partial charge is 0.278 e. The summed E-state index contributed by atoms with van der Waals surface area (Å²) in [4.78, 5) is 20.6. The van der Waals surface area contributed by atoms with Crippen molar-refractivity contribution in [2.75, 3.05) is 0 Å². The molecule has 0 aliphatic carbocycles. The molecule has 5 nitrogen and oxygen atoms in total. The Bertz CT molecular complexity index is 1470. The van der Waals surface area contributed by atoms with Crippen LogP contribution >= 0.6 is 0 Å². The summed E-state index contributed by atoms with van der Waals surface area (Å²) in [6.45, 7) is 1.63. The largest absolute Gasteiger partial charge is 0.469 e. The van der Waals surface area contributed by atoms with E-state index in [4.69, 9.17) is 4.42 Å². The van der Waals surface area contributed by atoms with E-state index in [0.717, 1.165) is 12.1 Å². The Hall–Kier alpha value is -4.07. The second kappa shape index (κ2) is 8.12. The van der Waals surface area contributed by atoms with Crippen LogP contribution in [0.25, 0.3) is 17.1 Å². The average Bonchev–Trinajstić information content (AvgIpc) is 3.41. The highest BCUT2D eigenvalue weighted by molar-refractivity contribution is 5.62. The van der Waals surface area contributed by atoms with Crippen molar-refractivity contribution in [3.8, 4) is 17.1 Å². The maximum absolute atomic E-state index is 14.9. The number of aromatic nitrogens is 3. The third-order valence-electron chi connectivity index (χ3n) is 5.57. The van der Waals surface area contributed by atoms with Gasteiger partial charge in [-0.3, -0.25) is 9.36 Å². The molecule has 2 aromatic carbocycles. The van der Waals surface area contributed by atoms with E-state index in [1.165, 1.54) is 23.1 Å². The minimum absolute atomic E-state index is 0.148. The van der Waals surface area contributed by atoms with Gasteiger partial charge in [-0.25, -0.2) is 18.2 Å². The van der Waals surface area contributed by atoms with Crippen molar-refractivity contribution in [3.63, 3.8) is 0 Å². The fourth-order valence-corrected chi connectivity index (χ4v) is 3.86. The van der Waals surface area contributed by atoms with Crippen LogP contribution in [0.2, 0.25) is 0 Å². The minimum Gasteiger partial charge on any atom is -0.469 e. The number of hydrogen-bond donors (Lipinski definition) is 1. The fourth-order valence-electron chi connectivity index (χ4n) is 3.86. The Kier molecular flexibility index (Phi) is 5.12. The number of nitrogens with zero attached hydrogens (tertiary/aromatic N) is 2. The highest BCUT2D eigenvalue weighted by Crippen LogP contribution is 2.28. The summed E-state index contributed by atoms with van der Waals surface area (Å²) in [5.41, 5.74) is 0.827. The van der Waals surface area contributed by atoms with Crippen molar-refractivity contribution in [1.29, 1.82) is 0 Å². The number of nitrogens with one attached hydrogen (secondary N) is 1. The number of fused-ring (bicyclic) bond motifs is 1. The number of imidazole rings is 1. The van der Waals surface area contributed by atoms with E-state index >= 15 is 0 Å². The Labute approximate surface area is 186 Å². The summed E-state index contributed by atoms with van der Waals surface area (Å²) in [7, 11) is 0. The molecule has 0 radical (unpaired) electrons. The summed E-state index contributed by atoms with van der Waals surface area (Å²) >= 11 is 0. The van der Waals surface area contributed by atoms with Crippen LogP contribution in [0.4, 0.5) is 13.2 Å². The van der Waals surface area contributed by atoms with Gasteiger partial charge in [-0.05, 0) is 42.8 Å². The van der Waals surface area contributed by atoms with Crippen LogP contribution < -0.4 is 5.56 Å². The predicted molar refractivity (Wildman–Crippen MR) is 116 cm³/mol. The predicted octanol–water partition coefficient (Wildman–Crippen LogP) is 5.17. The molecule has 0 amide bonds. The van der Waals surface area contributed by atoms with E-state index in [-0.39, 0.29) is 46.9 Å². The molecule has 1 aromatic heterocycles. The topological polar surface area (TPSA) is 63.8 Å². The lowest BCUT2D eigenvalue weighted by Gasteiger charge is -2.15. The standard InChI is InChI=1S/C25H18F3N3O2/c1-14-5-2-7-16(23(14)28)22-13-31-24(30-21(25(31)32)11-15-6-4-10-33-15)20(29-22)12-17-18(26)8-3-9-19(17)27/h2-10,13,29H,11-12H2,1H3. The van der Waals surface area contributed by atoms with Gasteiger partial charge in [0.1, 0.15) is 28.9 Å². The Morgan fingerprint density at radius 1 is 1.00 bits per heavy atom. The van der Waals surface area contributed by atoms with E-state index in [1.807, 2.05) is 0 Å². The maximum Gasteiger partial charge on any atom is 0.278 e. The van der Waals surface area contributed by atoms with Gasteiger partial charge in [0, 0.05) is 23.7 Å². The monoisotopic (exact) mass is 449 g/mol. The number of rotatable bonds is 5. The molecule has 0 saturated heterocycles. The van der Waals surface area contributed by atoms with E-state index in [0.29, 0.717) is 11.3 Å². The molecule has 0 spiro atoms. The summed E-state index contributed by atoms with van der Waals surface area (Å²) in [5, 5.41) is 0. The highest BCUT2D eigenvalue weighted by Gasteiger charge is 2.23. The van der Waals surface area contributed by atoms with Gasteiger partial charge >= 0.3 is 0 Å². The Balaban J connectivity index is 1.72. The van der Waals surface area contributed by atoms with Gasteiger partial charge in [0.2, 0.25) is 0 Å². The zero-order valence-corrected chi connectivity index (χ0v) is 17.5. The second-order valence-corrected chi connectivity index (χ2v) is 7.77. The first-order valence-electron chi connectivity index (χ1n) is 10.3. The van der Waals surface area contributed by atoms with Gasteiger partial charge in [-0.1, -0.05) is 18.2 Å². The SMILES string of the molecule is Cc1cccc(-c2cn3c(=O)c(Cc4ccco4)nc-3c(Cc3c(F)cccc3F)[nH]2)c1F. The third-order valence-corrected chi connectivity index (χ3v) is 5.57. The Morgan fingerprint density at radius 3 is 2.48 bits per heavy atom. The van der Waals surface area contributed by atoms with Gasteiger partial charge in [0.15, 0.2) is 5.82 Å². The van der Waals surface area contributed by atoms with Gasteiger partial charge in [0.05, 0.1) is 24.1 Å². The van der Waals surface area contributed by atoms with Crippen LogP contribution in [0.1, 0.15) is 28.3 Å². The Morgan fingerprint density at radius 2 is 1.76 bits per heavy atom. The van der Waals surface area contributed by atoms with E-state index in [2.05, 4.69) is 9.97 Å². The van der Waals surface area contributed by atoms with E-state index < -0.39 is 23.0 Å². The van der Waals surface area contributed by atoms with Crippen LogP contribution in [0.15, 0.2) is 70.2 Å². The quantitative estimate of drug-likeness (QED) is 0.403. The first-order chi connectivity index (χ1) is 15.9.